The summed E-state index contributed by atoms with van der Waals surface area (Å²) in [6.07, 6.45) is -12.6. The van der Waals surface area contributed by atoms with Gasteiger partial charge in [0.05, 0.1) is 0 Å². The zero-order valence-electron chi connectivity index (χ0n) is 22.8. The van der Waals surface area contributed by atoms with E-state index < -0.39 is 122 Å². The van der Waals surface area contributed by atoms with Crippen molar-refractivity contribution in [3.63, 3.8) is 0 Å². The van der Waals surface area contributed by atoms with Gasteiger partial charge in [-0.05, 0) is 35.4 Å². The minimum absolute atomic E-state index is 0.0687. The van der Waals surface area contributed by atoms with Gasteiger partial charge in [-0.1, -0.05) is 24.3 Å². The van der Waals surface area contributed by atoms with Crippen LogP contribution in [0.5, 0.6) is 11.5 Å². The van der Waals surface area contributed by atoms with Crippen molar-refractivity contribution in [2.24, 2.45) is 0 Å². The predicted octanol–water partition coefficient (Wildman–Crippen LogP) is 8.93. The van der Waals surface area contributed by atoms with Crippen molar-refractivity contribution in [3.8, 4) is 11.5 Å². The normalized spacial score (nSPS) is 12.2. The zero-order valence-corrected chi connectivity index (χ0v) is 22.8. The van der Waals surface area contributed by atoms with Gasteiger partial charge in [0.15, 0.2) is 46.5 Å². The molecule has 0 aliphatic carbocycles. The topological polar surface area (TPSA) is 52.6 Å². The Morgan fingerprint density at radius 3 is 0.837 bits per heavy atom. The fraction of sp³-hybridized carbons (Fsp3) is 0.103. The van der Waals surface area contributed by atoms with Crippen LogP contribution < -0.4 is 9.47 Å². The lowest BCUT2D eigenvalue weighted by Gasteiger charge is -2.38. The fourth-order valence-corrected chi connectivity index (χ4v) is 4.41. The van der Waals surface area contributed by atoms with Gasteiger partial charge in [-0.15, -0.1) is 0 Å². The van der Waals surface area contributed by atoms with Gasteiger partial charge in [-0.2, -0.15) is 26.3 Å². The predicted molar refractivity (Wildman–Crippen MR) is 128 cm³/mol. The summed E-state index contributed by atoms with van der Waals surface area (Å²) in [6, 6.07) is 1.24. The van der Waals surface area contributed by atoms with E-state index in [4.69, 9.17) is 0 Å². The minimum atomic E-state index is -6.29. The van der Waals surface area contributed by atoms with Crippen molar-refractivity contribution in [3.05, 3.63) is 129 Å². The number of alkyl halides is 6. The van der Waals surface area contributed by atoms with Crippen molar-refractivity contribution in [1.82, 2.24) is 0 Å². The molecule has 0 radical (unpaired) electrons. The second kappa shape index (κ2) is 12.6. The van der Waals surface area contributed by atoms with Crippen LogP contribution in [-0.4, -0.2) is 24.3 Å². The highest BCUT2D eigenvalue weighted by atomic mass is 19.4. The average molecular weight is 724 g/mol. The summed E-state index contributed by atoms with van der Waals surface area (Å²) >= 11 is 0. The highest BCUT2D eigenvalue weighted by Gasteiger charge is 2.72. The van der Waals surface area contributed by atoms with Gasteiger partial charge in [0.25, 0.3) is 0 Å². The smallest absolute Gasteiger partial charge is 0.411 e. The van der Waals surface area contributed by atoms with Crippen LogP contribution in [-0.2, 0) is 5.41 Å². The molecule has 4 rings (SSSR count). The Bertz CT molecular complexity index is 1770. The molecule has 0 atom stereocenters. The Hall–Kier alpha value is -5.30. The highest BCUT2D eigenvalue weighted by Crippen LogP contribution is 2.56. The molecule has 0 saturated heterocycles. The first kappa shape index (κ1) is 36.5. The Morgan fingerprint density at radius 2 is 0.612 bits per heavy atom. The lowest BCUT2D eigenvalue weighted by atomic mass is 9.73. The SMILES string of the molecule is O=C(Oc1ccc(C(c2ccc(OC(=O)c3c(F)c(F)c(F)c(F)c3F)cc2)(C(F)(F)F)C(F)(F)F)cc1)c1c(F)c(F)c(F)c(F)c1F. The average Bonchev–Trinajstić information content (AvgIpc) is 3.01. The van der Waals surface area contributed by atoms with Gasteiger partial charge in [0, 0.05) is 0 Å². The molecule has 0 amide bonds. The third-order valence-electron chi connectivity index (χ3n) is 6.67. The summed E-state index contributed by atoms with van der Waals surface area (Å²) in [7, 11) is 0. The highest BCUT2D eigenvalue weighted by molar-refractivity contribution is 5.92. The molecular weight excluding hydrogens is 716 g/mol. The maximum absolute atomic E-state index is 14.4. The van der Waals surface area contributed by atoms with E-state index in [1.807, 2.05) is 0 Å². The molecule has 0 unspecified atom stereocenters. The lowest BCUT2D eigenvalue weighted by Crippen LogP contribution is -2.54. The maximum Gasteiger partial charge on any atom is 0.411 e. The molecule has 0 spiro atoms. The number of ether oxygens (including phenoxy) is 2. The standard InChI is InChI=1S/C29H8F16O4/c30-15-13(16(31)20(35)23(38)19(15)34)25(46)48-11-5-1-9(2-6-11)27(28(40,41)42,29(43,44)45)10-3-7-12(8-4-10)49-26(47)14-17(32)21(36)24(39)22(37)18(14)33/h1-8H. The van der Waals surface area contributed by atoms with E-state index in [1.165, 1.54) is 0 Å². The Labute approximate surface area is 260 Å². The number of esters is 2. The second-order valence-corrected chi connectivity index (χ2v) is 9.46. The van der Waals surface area contributed by atoms with Crippen molar-refractivity contribution in [2.45, 2.75) is 17.8 Å². The quantitative estimate of drug-likeness (QED) is 0.0656. The minimum Gasteiger partial charge on any atom is -0.423 e. The molecule has 0 aliphatic heterocycles. The van der Waals surface area contributed by atoms with E-state index in [0.29, 0.717) is 0 Å². The van der Waals surface area contributed by atoms with Gasteiger partial charge in [-0.3, -0.25) is 0 Å². The third-order valence-corrected chi connectivity index (χ3v) is 6.67. The molecule has 49 heavy (non-hydrogen) atoms. The Balaban J connectivity index is 1.72. The number of carbonyl (C=O) groups is 2. The van der Waals surface area contributed by atoms with E-state index in [9.17, 15) is 79.8 Å². The molecule has 0 fully saturated rings. The molecular formula is C29H8F16O4. The first-order valence-corrected chi connectivity index (χ1v) is 12.4. The van der Waals surface area contributed by atoms with Gasteiger partial charge < -0.3 is 9.47 Å². The zero-order chi connectivity index (χ0) is 37.0. The van der Waals surface area contributed by atoms with E-state index in [0.717, 1.165) is 0 Å². The first-order valence-electron chi connectivity index (χ1n) is 12.4. The van der Waals surface area contributed by atoms with Crippen LogP contribution >= 0.6 is 0 Å². The number of halogens is 16. The fourth-order valence-electron chi connectivity index (χ4n) is 4.41. The van der Waals surface area contributed by atoms with Crippen LogP contribution in [0.25, 0.3) is 0 Å². The van der Waals surface area contributed by atoms with Gasteiger partial charge >= 0.3 is 24.3 Å². The Kier molecular flexibility index (Phi) is 9.41. The molecule has 0 aromatic heterocycles. The van der Waals surface area contributed by atoms with Crippen LogP contribution in [0.1, 0.15) is 31.8 Å². The summed E-state index contributed by atoms with van der Waals surface area (Å²) in [5.41, 5.74) is -12.6. The molecule has 4 aromatic carbocycles. The molecule has 0 bridgehead atoms. The van der Waals surface area contributed by atoms with E-state index in [1.54, 1.807) is 0 Å². The monoisotopic (exact) mass is 724 g/mol. The summed E-state index contributed by atoms with van der Waals surface area (Å²) in [5.74, 6) is -32.9. The van der Waals surface area contributed by atoms with E-state index >= 15 is 0 Å². The summed E-state index contributed by atoms with van der Waals surface area (Å²) in [4.78, 5) is 24.3. The molecule has 4 aromatic rings. The summed E-state index contributed by atoms with van der Waals surface area (Å²) in [6.45, 7) is 0. The van der Waals surface area contributed by atoms with Crippen molar-refractivity contribution in [1.29, 1.82) is 0 Å². The molecule has 0 aliphatic rings. The third kappa shape index (κ3) is 5.99. The molecule has 260 valence electrons. The summed E-state index contributed by atoms with van der Waals surface area (Å²) in [5, 5.41) is 0. The van der Waals surface area contributed by atoms with Crippen molar-refractivity contribution in [2.75, 3.05) is 0 Å². The van der Waals surface area contributed by atoms with Gasteiger partial charge in [0.2, 0.25) is 17.0 Å². The number of carbonyl (C=O) groups excluding carboxylic acids is 2. The van der Waals surface area contributed by atoms with Crippen molar-refractivity contribution >= 4 is 11.9 Å². The van der Waals surface area contributed by atoms with Crippen LogP contribution in [0.4, 0.5) is 70.2 Å². The maximum atomic E-state index is 14.4. The molecule has 0 N–H and O–H groups in total. The second-order valence-electron chi connectivity index (χ2n) is 9.46. The van der Waals surface area contributed by atoms with Gasteiger partial charge in [0.1, 0.15) is 22.6 Å². The lowest BCUT2D eigenvalue weighted by molar-refractivity contribution is -0.288. The van der Waals surface area contributed by atoms with Crippen LogP contribution in [0.15, 0.2) is 48.5 Å². The molecule has 20 heteroatoms. The Morgan fingerprint density at radius 1 is 0.388 bits per heavy atom. The first-order chi connectivity index (χ1) is 22.6. The largest absolute Gasteiger partial charge is 0.423 e. The van der Waals surface area contributed by atoms with Gasteiger partial charge in [-0.25, -0.2) is 53.5 Å². The number of rotatable bonds is 6. The molecule has 0 saturated carbocycles. The number of benzene rings is 4. The number of hydrogen-bond acceptors (Lipinski definition) is 4. The van der Waals surface area contributed by atoms with E-state index in [-0.39, 0.29) is 48.5 Å². The van der Waals surface area contributed by atoms with Crippen molar-refractivity contribution < 1.29 is 89.3 Å². The molecule has 4 nitrogen and oxygen atoms in total. The van der Waals surface area contributed by atoms with E-state index in [2.05, 4.69) is 9.47 Å². The molecule has 0 heterocycles. The van der Waals surface area contributed by atoms with Crippen LogP contribution in [0.2, 0.25) is 0 Å². The van der Waals surface area contributed by atoms with Crippen LogP contribution in [0, 0.1) is 58.2 Å². The number of hydrogen-bond donors (Lipinski definition) is 0. The van der Waals surface area contributed by atoms with Crippen LogP contribution in [0.3, 0.4) is 0 Å². The summed E-state index contributed by atoms with van der Waals surface area (Å²) < 4.78 is 231.